The van der Waals surface area contributed by atoms with Gasteiger partial charge in [-0.15, -0.1) is 0 Å². The standard InChI is InChI=1S/C16H15FN2O5/c1-18-14-7-2-11(10-15(14)19(21)22)16(20)24-9-8-23-13-5-3-12(17)4-6-13/h2-7,10,18H,8-9H2,1H3. The molecule has 0 fully saturated rings. The Hall–Kier alpha value is -3.16. The van der Waals surface area contributed by atoms with E-state index >= 15 is 0 Å². The van der Waals surface area contributed by atoms with Crippen molar-refractivity contribution in [3.05, 3.63) is 64.0 Å². The van der Waals surface area contributed by atoms with Crippen LogP contribution in [0.1, 0.15) is 10.4 Å². The van der Waals surface area contributed by atoms with E-state index in [0.717, 1.165) is 6.07 Å². The predicted octanol–water partition coefficient (Wildman–Crippen LogP) is 3.01. The fourth-order valence-electron chi connectivity index (χ4n) is 1.93. The number of carbonyl (C=O) groups excluding carboxylic acids is 1. The predicted molar refractivity (Wildman–Crippen MR) is 84.8 cm³/mol. The lowest BCUT2D eigenvalue weighted by molar-refractivity contribution is -0.384. The molecule has 2 aromatic rings. The van der Waals surface area contributed by atoms with E-state index in [4.69, 9.17) is 9.47 Å². The fourth-order valence-corrected chi connectivity index (χ4v) is 1.93. The normalized spacial score (nSPS) is 10.1. The van der Waals surface area contributed by atoms with Gasteiger partial charge in [-0.2, -0.15) is 0 Å². The second-order valence-corrected chi connectivity index (χ2v) is 4.68. The van der Waals surface area contributed by atoms with Crippen LogP contribution in [0.3, 0.4) is 0 Å². The minimum Gasteiger partial charge on any atom is -0.490 e. The average Bonchev–Trinajstić information content (AvgIpc) is 2.59. The quantitative estimate of drug-likeness (QED) is 0.362. The van der Waals surface area contributed by atoms with E-state index in [0.29, 0.717) is 11.4 Å². The first kappa shape index (κ1) is 17.2. The molecule has 0 heterocycles. The molecule has 0 bridgehead atoms. The lowest BCUT2D eigenvalue weighted by Crippen LogP contribution is -2.12. The van der Waals surface area contributed by atoms with Crippen molar-refractivity contribution >= 4 is 17.3 Å². The first-order valence-corrected chi connectivity index (χ1v) is 7.03. The van der Waals surface area contributed by atoms with Crippen molar-refractivity contribution in [3.63, 3.8) is 0 Å². The van der Waals surface area contributed by atoms with Crippen LogP contribution in [0.5, 0.6) is 5.75 Å². The van der Waals surface area contributed by atoms with E-state index in [2.05, 4.69) is 5.32 Å². The number of carbonyl (C=O) groups is 1. The van der Waals surface area contributed by atoms with Crippen LogP contribution < -0.4 is 10.1 Å². The summed E-state index contributed by atoms with van der Waals surface area (Å²) in [6.45, 7) is 0.0336. The minimum atomic E-state index is -0.691. The van der Waals surface area contributed by atoms with Crippen molar-refractivity contribution in [1.82, 2.24) is 0 Å². The van der Waals surface area contributed by atoms with Crippen molar-refractivity contribution in [3.8, 4) is 5.75 Å². The van der Waals surface area contributed by atoms with E-state index in [-0.39, 0.29) is 30.3 Å². The zero-order valence-electron chi connectivity index (χ0n) is 12.8. The van der Waals surface area contributed by atoms with Crippen molar-refractivity contribution in [2.24, 2.45) is 0 Å². The molecule has 8 heteroatoms. The van der Waals surface area contributed by atoms with E-state index in [1.54, 1.807) is 7.05 Å². The Morgan fingerprint density at radius 2 is 1.92 bits per heavy atom. The molecule has 7 nitrogen and oxygen atoms in total. The van der Waals surface area contributed by atoms with Crippen LogP contribution in [0.2, 0.25) is 0 Å². The van der Waals surface area contributed by atoms with Crippen molar-refractivity contribution < 1.29 is 23.6 Å². The molecule has 0 saturated heterocycles. The molecule has 0 aromatic heterocycles. The summed E-state index contributed by atoms with van der Waals surface area (Å²) in [5.41, 5.74) is 0.160. The Morgan fingerprint density at radius 1 is 1.21 bits per heavy atom. The second kappa shape index (κ2) is 7.91. The Bertz CT molecular complexity index is 734. The zero-order chi connectivity index (χ0) is 17.5. The molecule has 0 radical (unpaired) electrons. The SMILES string of the molecule is CNc1ccc(C(=O)OCCOc2ccc(F)cc2)cc1[N+](=O)[O-]. The first-order chi connectivity index (χ1) is 11.5. The summed E-state index contributed by atoms with van der Waals surface area (Å²) in [7, 11) is 1.55. The maximum Gasteiger partial charge on any atom is 0.338 e. The third-order valence-electron chi connectivity index (χ3n) is 3.10. The highest BCUT2D eigenvalue weighted by Crippen LogP contribution is 2.25. The summed E-state index contributed by atoms with van der Waals surface area (Å²) in [5, 5.41) is 13.6. The summed E-state index contributed by atoms with van der Waals surface area (Å²) >= 11 is 0. The first-order valence-electron chi connectivity index (χ1n) is 7.03. The van der Waals surface area contributed by atoms with E-state index in [1.807, 2.05) is 0 Å². The van der Waals surface area contributed by atoms with Gasteiger partial charge in [-0.1, -0.05) is 0 Å². The molecule has 1 N–H and O–H groups in total. The highest BCUT2D eigenvalue weighted by Gasteiger charge is 2.17. The van der Waals surface area contributed by atoms with Gasteiger partial charge in [0.2, 0.25) is 0 Å². The Morgan fingerprint density at radius 3 is 2.54 bits per heavy atom. The van der Waals surface area contributed by atoms with Gasteiger partial charge in [0, 0.05) is 13.1 Å². The van der Waals surface area contributed by atoms with Gasteiger partial charge in [0.25, 0.3) is 5.69 Å². The maximum atomic E-state index is 12.7. The van der Waals surface area contributed by atoms with Crippen LogP contribution in [0.4, 0.5) is 15.8 Å². The number of nitrogens with zero attached hydrogens (tertiary/aromatic N) is 1. The van der Waals surface area contributed by atoms with Crippen LogP contribution in [-0.2, 0) is 4.74 Å². The molecule has 0 atom stereocenters. The Kier molecular flexibility index (Phi) is 5.67. The molecule has 2 rings (SSSR count). The Labute approximate surface area is 137 Å². The number of hydrogen-bond acceptors (Lipinski definition) is 6. The summed E-state index contributed by atoms with van der Waals surface area (Å²) < 4.78 is 23.0. The van der Waals surface area contributed by atoms with Crippen molar-refractivity contribution in [1.29, 1.82) is 0 Å². The van der Waals surface area contributed by atoms with Gasteiger partial charge >= 0.3 is 5.97 Å². The Balaban J connectivity index is 1.89. The third-order valence-corrected chi connectivity index (χ3v) is 3.10. The number of anilines is 1. The van der Waals surface area contributed by atoms with Gasteiger partial charge in [0.05, 0.1) is 10.5 Å². The van der Waals surface area contributed by atoms with Gasteiger partial charge in [0.1, 0.15) is 30.5 Å². The van der Waals surface area contributed by atoms with Crippen LogP contribution >= 0.6 is 0 Å². The van der Waals surface area contributed by atoms with Gasteiger partial charge < -0.3 is 14.8 Å². The van der Waals surface area contributed by atoms with Gasteiger partial charge in [-0.25, -0.2) is 9.18 Å². The summed E-state index contributed by atoms with van der Waals surface area (Å²) in [6, 6.07) is 9.43. The number of nitro groups is 1. The van der Waals surface area contributed by atoms with Crippen molar-refractivity contribution in [2.75, 3.05) is 25.6 Å². The lowest BCUT2D eigenvalue weighted by Gasteiger charge is -2.08. The molecule has 0 saturated carbocycles. The zero-order valence-corrected chi connectivity index (χ0v) is 12.8. The number of rotatable bonds is 7. The van der Waals surface area contributed by atoms with Gasteiger partial charge in [-0.3, -0.25) is 10.1 Å². The molecular formula is C16H15FN2O5. The highest BCUT2D eigenvalue weighted by molar-refractivity contribution is 5.91. The molecule has 0 aliphatic carbocycles. The van der Waals surface area contributed by atoms with Crippen molar-refractivity contribution in [2.45, 2.75) is 0 Å². The van der Waals surface area contributed by atoms with Crippen LogP contribution in [0.25, 0.3) is 0 Å². The molecule has 0 aliphatic heterocycles. The van der Waals surface area contributed by atoms with Crippen LogP contribution in [0.15, 0.2) is 42.5 Å². The minimum absolute atomic E-state index is 0.0439. The molecule has 126 valence electrons. The molecule has 0 aliphatic rings. The van der Waals surface area contributed by atoms with Crippen LogP contribution in [-0.4, -0.2) is 31.2 Å². The van der Waals surface area contributed by atoms with E-state index < -0.39 is 10.9 Å². The summed E-state index contributed by atoms with van der Waals surface area (Å²) in [4.78, 5) is 22.3. The highest BCUT2D eigenvalue weighted by atomic mass is 19.1. The third kappa shape index (κ3) is 4.42. The molecule has 0 amide bonds. The number of hydrogen-bond donors (Lipinski definition) is 1. The number of esters is 1. The topological polar surface area (TPSA) is 90.7 Å². The molecule has 0 spiro atoms. The van der Waals surface area contributed by atoms with Gasteiger partial charge in [-0.05, 0) is 36.4 Å². The number of nitro benzene ring substituents is 1. The lowest BCUT2D eigenvalue weighted by atomic mass is 10.1. The van der Waals surface area contributed by atoms with Crippen LogP contribution in [0, 0.1) is 15.9 Å². The second-order valence-electron chi connectivity index (χ2n) is 4.68. The number of ether oxygens (including phenoxy) is 2. The molecular weight excluding hydrogens is 319 g/mol. The van der Waals surface area contributed by atoms with E-state index in [9.17, 15) is 19.3 Å². The maximum absolute atomic E-state index is 12.7. The largest absolute Gasteiger partial charge is 0.490 e. The summed E-state index contributed by atoms with van der Waals surface area (Å²) in [5.74, 6) is -0.620. The number of nitrogens with one attached hydrogen (secondary N) is 1. The average molecular weight is 334 g/mol. The van der Waals surface area contributed by atoms with E-state index in [1.165, 1.54) is 36.4 Å². The molecule has 2 aromatic carbocycles. The summed E-state index contributed by atoms with van der Waals surface area (Å²) in [6.07, 6.45) is 0. The number of halogens is 1. The molecule has 24 heavy (non-hydrogen) atoms. The molecule has 0 unspecified atom stereocenters. The number of benzene rings is 2. The smallest absolute Gasteiger partial charge is 0.338 e. The fraction of sp³-hybridized carbons (Fsp3) is 0.188. The van der Waals surface area contributed by atoms with Gasteiger partial charge in [0.15, 0.2) is 0 Å². The monoisotopic (exact) mass is 334 g/mol.